The van der Waals surface area contributed by atoms with Crippen LogP contribution >= 0.6 is 0 Å². The summed E-state index contributed by atoms with van der Waals surface area (Å²) in [4.78, 5) is -0.259. The van der Waals surface area contributed by atoms with Crippen molar-refractivity contribution in [1.29, 1.82) is 0 Å². The number of rotatable bonds is 17. The summed E-state index contributed by atoms with van der Waals surface area (Å²) in [6.07, 6.45) is 20.5. The van der Waals surface area contributed by atoms with Gasteiger partial charge in [-0.2, -0.15) is 8.42 Å². The van der Waals surface area contributed by atoms with Crippen LogP contribution in [0.5, 0.6) is 5.75 Å². The summed E-state index contributed by atoms with van der Waals surface area (Å²) < 4.78 is 31.1. The molecule has 1 aromatic rings. The summed E-state index contributed by atoms with van der Waals surface area (Å²) in [7, 11) is -4.25. The molecular formula is C23H40O4S. The molecule has 4 nitrogen and oxygen atoms in total. The molecule has 0 aromatic heterocycles. The fourth-order valence-corrected chi connectivity index (χ4v) is 4.10. The van der Waals surface area contributed by atoms with Crippen LogP contribution in [-0.2, 0) is 16.5 Å². The van der Waals surface area contributed by atoms with E-state index in [1.54, 1.807) is 6.07 Å². The van der Waals surface area contributed by atoms with E-state index in [1.807, 2.05) is 0 Å². The van der Waals surface area contributed by atoms with Gasteiger partial charge in [-0.15, -0.1) is 0 Å². The van der Waals surface area contributed by atoms with Gasteiger partial charge in [-0.1, -0.05) is 103 Å². The van der Waals surface area contributed by atoms with Crippen molar-refractivity contribution in [1.82, 2.24) is 0 Å². The van der Waals surface area contributed by atoms with E-state index in [-0.39, 0.29) is 10.6 Å². The van der Waals surface area contributed by atoms with Gasteiger partial charge in [0.05, 0.1) is 4.90 Å². The molecule has 0 spiro atoms. The standard InChI is InChI=1S/C23H40O4S/c1-2-3-4-5-6-7-8-9-10-11-12-13-14-15-16-17-21-18-19-22(20-23(21)24)28(25,26)27/h18-20,24H,2-17H2,1H3,(H,25,26,27). The third-order valence-electron chi connectivity index (χ3n) is 5.40. The van der Waals surface area contributed by atoms with Crippen LogP contribution in [0.15, 0.2) is 23.1 Å². The molecule has 0 heterocycles. The second-order valence-corrected chi connectivity index (χ2v) is 9.39. The summed E-state index contributed by atoms with van der Waals surface area (Å²) >= 11 is 0. The molecule has 0 aliphatic heterocycles. The average molecular weight is 413 g/mol. The lowest BCUT2D eigenvalue weighted by molar-refractivity contribution is 0.459. The Hall–Kier alpha value is -1.07. The van der Waals surface area contributed by atoms with Crippen LogP contribution in [0.1, 0.15) is 109 Å². The third-order valence-corrected chi connectivity index (χ3v) is 6.25. The highest BCUT2D eigenvalue weighted by Crippen LogP contribution is 2.23. The van der Waals surface area contributed by atoms with Gasteiger partial charge in [0.15, 0.2) is 0 Å². The van der Waals surface area contributed by atoms with Crippen LogP contribution in [0.2, 0.25) is 0 Å². The van der Waals surface area contributed by atoms with Gasteiger partial charge in [-0.25, -0.2) is 0 Å². The summed E-state index contributed by atoms with van der Waals surface area (Å²) in [5.74, 6) is -0.0551. The van der Waals surface area contributed by atoms with Crippen LogP contribution in [0.3, 0.4) is 0 Å². The van der Waals surface area contributed by atoms with Crippen molar-refractivity contribution in [2.24, 2.45) is 0 Å². The first-order valence-corrected chi connectivity index (χ1v) is 12.7. The van der Waals surface area contributed by atoms with Crippen LogP contribution in [-0.4, -0.2) is 18.1 Å². The number of aryl methyl sites for hydroxylation is 1. The van der Waals surface area contributed by atoms with Crippen molar-refractivity contribution in [3.8, 4) is 5.75 Å². The third kappa shape index (κ3) is 11.7. The van der Waals surface area contributed by atoms with Crippen LogP contribution in [0, 0.1) is 0 Å². The van der Waals surface area contributed by atoms with E-state index in [1.165, 1.54) is 89.5 Å². The highest BCUT2D eigenvalue weighted by molar-refractivity contribution is 7.85. The molecule has 0 atom stereocenters. The molecule has 162 valence electrons. The maximum atomic E-state index is 11.0. The van der Waals surface area contributed by atoms with Gasteiger partial charge in [-0.05, 0) is 24.5 Å². The number of unbranched alkanes of at least 4 members (excludes halogenated alkanes) is 14. The fraction of sp³-hybridized carbons (Fsp3) is 0.739. The number of hydrogen-bond acceptors (Lipinski definition) is 3. The average Bonchev–Trinajstić information content (AvgIpc) is 2.65. The summed E-state index contributed by atoms with van der Waals surface area (Å²) in [5, 5.41) is 9.89. The number of aromatic hydroxyl groups is 1. The molecule has 28 heavy (non-hydrogen) atoms. The lowest BCUT2D eigenvalue weighted by atomic mass is 10.0. The van der Waals surface area contributed by atoms with Gasteiger partial charge < -0.3 is 5.11 Å². The van der Waals surface area contributed by atoms with Gasteiger partial charge in [0.2, 0.25) is 0 Å². The molecule has 0 radical (unpaired) electrons. The molecule has 0 unspecified atom stereocenters. The van der Waals surface area contributed by atoms with E-state index in [4.69, 9.17) is 4.55 Å². The molecule has 0 saturated heterocycles. The summed E-state index contributed by atoms with van der Waals surface area (Å²) in [6.45, 7) is 2.26. The minimum absolute atomic E-state index is 0.0551. The van der Waals surface area contributed by atoms with Crippen molar-refractivity contribution in [3.63, 3.8) is 0 Å². The SMILES string of the molecule is CCCCCCCCCCCCCCCCCc1ccc(S(=O)(=O)O)cc1O. The number of benzene rings is 1. The molecule has 5 heteroatoms. The first-order valence-electron chi connectivity index (χ1n) is 11.2. The van der Waals surface area contributed by atoms with E-state index in [9.17, 15) is 13.5 Å². The molecule has 0 aliphatic rings. The zero-order chi connectivity index (χ0) is 20.7. The van der Waals surface area contributed by atoms with Crippen molar-refractivity contribution < 1.29 is 18.1 Å². The largest absolute Gasteiger partial charge is 0.508 e. The lowest BCUT2D eigenvalue weighted by Crippen LogP contribution is -1.98. The van der Waals surface area contributed by atoms with E-state index >= 15 is 0 Å². The van der Waals surface area contributed by atoms with Gasteiger partial charge in [0.25, 0.3) is 10.1 Å². The van der Waals surface area contributed by atoms with Crippen LogP contribution in [0.4, 0.5) is 0 Å². The maximum absolute atomic E-state index is 11.0. The van der Waals surface area contributed by atoms with Crippen molar-refractivity contribution in [2.75, 3.05) is 0 Å². The Morgan fingerprint density at radius 2 is 1.14 bits per heavy atom. The van der Waals surface area contributed by atoms with Crippen molar-refractivity contribution in [3.05, 3.63) is 23.8 Å². The Kier molecular flexibility index (Phi) is 13.3. The van der Waals surface area contributed by atoms with Crippen molar-refractivity contribution >= 4 is 10.1 Å². The number of hydrogen-bond donors (Lipinski definition) is 2. The molecule has 2 N–H and O–H groups in total. The van der Waals surface area contributed by atoms with Gasteiger partial charge >= 0.3 is 0 Å². The lowest BCUT2D eigenvalue weighted by Gasteiger charge is -2.06. The second-order valence-electron chi connectivity index (χ2n) is 7.97. The first-order chi connectivity index (χ1) is 13.4. The molecule has 1 aromatic carbocycles. The number of phenolic OH excluding ortho intramolecular Hbond substituents is 1. The van der Waals surface area contributed by atoms with Crippen LogP contribution < -0.4 is 0 Å². The quantitative estimate of drug-likeness (QED) is 0.212. The Labute approximate surface area is 172 Å². The Balaban J connectivity index is 1.96. The molecule has 1 rings (SSSR count). The molecule has 0 saturated carbocycles. The van der Waals surface area contributed by atoms with E-state index < -0.39 is 10.1 Å². The zero-order valence-electron chi connectivity index (χ0n) is 17.7. The Morgan fingerprint density at radius 3 is 1.54 bits per heavy atom. The van der Waals surface area contributed by atoms with Gasteiger partial charge in [0.1, 0.15) is 5.75 Å². The topological polar surface area (TPSA) is 74.6 Å². The summed E-state index contributed by atoms with van der Waals surface area (Å²) in [6, 6.07) is 4.05. The highest BCUT2D eigenvalue weighted by Gasteiger charge is 2.12. The van der Waals surface area contributed by atoms with E-state index in [2.05, 4.69) is 6.92 Å². The minimum Gasteiger partial charge on any atom is -0.508 e. The molecular weight excluding hydrogens is 372 g/mol. The normalized spacial score (nSPS) is 11.8. The molecule has 0 bridgehead atoms. The molecule has 0 fully saturated rings. The van der Waals surface area contributed by atoms with E-state index in [0.29, 0.717) is 0 Å². The van der Waals surface area contributed by atoms with E-state index in [0.717, 1.165) is 30.9 Å². The Bertz CT molecular complexity index is 625. The fourth-order valence-electron chi connectivity index (χ4n) is 3.60. The first kappa shape index (κ1) is 25.0. The smallest absolute Gasteiger partial charge is 0.294 e. The Morgan fingerprint density at radius 1 is 0.714 bits per heavy atom. The predicted molar refractivity (Wildman–Crippen MR) is 117 cm³/mol. The zero-order valence-corrected chi connectivity index (χ0v) is 18.5. The van der Waals surface area contributed by atoms with Gasteiger partial charge in [0, 0.05) is 6.07 Å². The monoisotopic (exact) mass is 412 g/mol. The van der Waals surface area contributed by atoms with Gasteiger partial charge in [-0.3, -0.25) is 4.55 Å². The highest BCUT2D eigenvalue weighted by atomic mass is 32.2. The molecule has 0 aliphatic carbocycles. The number of phenols is 1. The second kappa shape index (κ2) is 14.9. The van der Waals surface area contributed by atoms with Crippen molar-refractivity contribution in [2.45, 2.75) is 115 Å². The maximum Gasteiger partial charge on any atom is 0.294 e. The minimum atomic E-state index is -4.25. The molecule has 0 amide bonds. The summed E-state index contributed by atoms with van der Waals surface area (Å²) in [5.41, 5.74) is 0.738. The van der Waals surface area contributed by atoms with Crippen LogP contribution in [0.25, 0.3) is 0 Å². The predicted octanol–water partition coefficient (Wildman–Crippen LogP) is 7.05.